The molecule has 0 spiro atoms. The van der Waals surface area contributed by atoms with Crippen LogP contribution < -0.4 is 31.9 Å². The van der Waals surface area contributed by atoms with Crippen LogP contribution in [0, 0.1) is 0 Å². The quantitative estimate of drug-likeness (QED) is 0.0194. The molecule has 2 aliphatic carbocycles. The summed E-state index contributed by atoms with van der Waals surface area (Å²) in [6.45, 7) is 9.11. The van der Waals surface area contributed by atoms with Crippen molar-refractivity contribution in [1.82, 2.24) is 35.9 Å². The number of benzene rings is 4. The number of H-pyrrole nitrogens is 1. The van der Waals surface area contributed by atoms with E-state index in [1.54, 1.807) is 13.2 Å². The number of amides is 1. The Kier molecular flexibility index (Phi) is 16.6. The average Bonchev–Trinajstić information content (AvgIpc) is 3.74. The number of anilines is 4. The number of rotatable bonds is 21. The van der Waals surface area contributed by atoms with Crippen LogP contribution in [-0.4, -0.2) is 82.4 Å². The first kappa shape index (κ1) is 48.1. The molecule has 1 unspecified atom stereocenters. The second kappa shape index (κ2) is 23.5. The van der Waals surface area contributed by atoms with Gasteiger partial charge in [0.1, 0.15) is 5.69 Å². The highest BCUT2D eigenvalue weighted by Crippen LogP contribution is 2.44. The molecule has 15 nitrogen and oxygen atoms in total. The third-order valence-electron chi connectivity index (χ3n) is 13.0. The second-order valence-electron chi connectivity index (χ2n) is 18.4. The van der Waals surface area contributed by atoms with Crippen LogP contribution in [0.2, 0.25) is 0 Å². The number of aromatic amines is 1. The first-order valence-electron chi connectivity index (χ1n) is 24.6. The molecule has 2 heterocycles. The Labute approximate surface area is 399 Å². The highest BCUT2D eigenvalue weighted by molar-refractivity contribution is 6.22. The molecule has 2 aromatic heterocycles. The second-order valence-corrected chi connectivity index (χ2v) is 18.4. The highest BCUT2D eigenvalue weighted by atomic mass is 16.5. The van der Waals surface area contributed by atoms with E-state index in [4.69, 9.17) is 19.7 Å². The number of hydrogen-bond donors (Lipinski definition) is 8. The van der Waals surface area contributed by atoms with Crippen molar-refractivity contribution in [3.63, 3.8) is 0 Å². The summed E-state index contributed by atoms with van der Waals surface area (Å²) in [5, 5.41) is 45.3. The molecule has 358 valence electrons. The molecule has 68 heavy (non-hydrogen) atoms. The third kappa shape index (κ3) is 12.6. The number of aromatic nitrogens is 4. The number of allylic oxidation sites excluding steroid dienone is 2. The number of aromatic hydroxyl groups is 1. The fraction of sp³-hybridized carbons (Fsp3) is 0.434. The number of phenolic OH excluding ortho intramolecular Hbond substituents is 1. The molecule has 2 aliphatic rings. The SMILES string of the molecule is COC(C)/C=C\C(NC(=O)c1cc2ccc3c4ccccc4[nH]c3c2c(N=Nc2ccc(Nc3nc(NCCCNC4CCCCC4)nc(NCCCNC4CCCCC4)n3)cc2)c1O)=C(C)C. The van der Waals surface area contributed by atoms with Gasteiger partial charge >= 0.3 is 0 Å². The Balaban J connectivity index is 1.01. The lowest BCUT2D eigenvalue weighted by Crippen LogP contribution is -2.32. The zero-order chi connectivity index (χ0) is 47.2. The molecule has 0 radical (unpaired) electrons. The monoisotopic (exact) mass is 921 g/mol. The van der Waals surface area contributed by atoms with Gasteiger partial charge in [0.15, 0.2) is 5.75 Å². The Bertz CT molecular complexity index is 2690. The van der Waals surface area contributed by atoms with Crippen molar-refractivity contribution in [2.75, 3.05) is 49.2 Å². The number of carbonyl (C=O) groups is 1. The topological polar surface area (TPSA) is 198 Å². The van der Waals surface area contributed by atoms with Crippen molar-refractivity contribution < 1.29 is 14.6 Å². The van der Waals surface area contributed by atoms with E-state index in [-0.39, 0.29) is 23.1 Å². The van der Waals surface area contributed by atoms with Crippen LogP contribution >= 0.6 is 0 Å². The van der Waals surface area contributed by atoms with E-state index in [1.807, 2.05) is 87.5 Å². The van der Waals surface area contributed by atoms with Crippen LogP contribution in [0.15, 0.2) is 100 Å². The van der Waals surface area contributed by atoms with Gasteiger partial charge in [0, 0.05) is 65.3 Å². The predicted octanol–water partition coefficient (Wildman–Crippen LogP) is 11.6. The predicted molar refractivity (Wildman–Crippen MR) is 276 cm³/mol. The summed E-state index contributed by atoms with van der Waals surface area (Å²) in [6, 6.07) is 22.4. The van der Waals surface area contributed by atoms with Crippen LogP contribution in [0.3, 0.4) is 0 Å². The fourth-order valence-electron chi connectivity index (χ4n) is 9.12. The molecule has 4 aromatic carbocycles. The lowest BCUT2D eigenvalue weighted by molar-refractivity contribution is 0.0964. The summed E-state index contributed by atoms with van der Waals surface area (Å²) >= 11 is 0. The van der Waals surface area contributed by atoms with Crippen LogP contribution in [0.1, 0.15) is 108 Å². The Hall–Kier alpha value is -6.42. The van der Waals surface area contributed by atoms with Crippen LogP contribution in [0.25, 0.3) is 32.6 Å². The maximum absolute atomic E-state index is 14.0. The van der Waals surface area contributed by atoms with Gasteiger partial charge in [0.2, 0.25) is 17.8 Å². The lowest BCUT2D eigenvalue weighted by atomic mass is 9.95. The smallest absolute Gasteiger partial charge is 0.259 e. The number of nitrogens with one attached hydrogen (secondary N) is 7. The number of phenols is 1. The molecule has 15 heteroatoms. The number of carbonyl (C=O) groups excluding carboxylic acids is 1. The lowest BCUT2D eigenvalue weighted by Gasteiger charge is -2.22. The number of methoxy groups -OCH3 is 1. The molecule has 0 bridgehead atoms. The van der Waals surface area contributed by atoms with Gasteiger partial charge in [-0.2, -0.15) is 20.1 Å². The average molecular weight is 921 g/mol. The Morgan fingerprint density at radius 1 is 0.794 bits per heavy atom. The molecule has 0 saturated heterocycles. The van der Waals surface area contributed by atoms with Gasteiger partial charge in [0.05, 0.1) is 22.9 Å². The summed E-state index contributed by atoms with van der Waals surface area (Å²) in [5.41, 5.74) is 4.75. The highest BCUT2D eigenvalue weighted by Gasteiger charge is 2.22. The Morgan fingerprint density at radius 3 is 2.06 bits per heavy atom. The number of fused-ring (bicyclic) bond motifs is 5. The maximum atomic E-state index is 14.0. The standard InChI is InChI=1S/C53H68N12O3/c1-34(2)44(28-21-35(3)68-4)60-50(67)43-33-36-22-27-42-41-19-11-12-20-45(41)59-47(42)46(36)48(49(43)66)65-64-40-25-23-39(24-26-40)58-53-62-51(56-31-13-29-54-37-15-7-5-8-16-37)61-52(63-53)57-32-14-30-55-38-17-9-6-10-18-38/h11-12,19-28,33,35,37-38,54-55,59,66H,5-10,13-18,29-32H2,1-4H3,(H,60,67)(H3,56,57,58,61,62,63)/b28-21-,65-64?. The summed E-state index contributed by atoms with van der Waals surface area (Å²) in [7, 11) is 1.63. The summed E-state index contributed by atoms with van der Waals surface area (Å²) in [5.74, 6) is 0.667. The van der Waals surface area contributed by atoms with Crippen LogP contribution in [0.5, 0.6) is 5.75 Å². The van der Waals surface area contributed by atoms with E-state index in [1.165, 1.54) is 64.2 Å². The van der Waals surface area contributed by atoms with Crippen molar-refractivity contribution >= 4 is 73.4 Å². The minimum atomic E-state index is -0.479. The Morgan fingerprint density at radius 2 is 1.43 bits per heavy atom. The zero-order valence-electron chi connectivity index (χ0n) is 40.1. The largest absolute Gasteiger partial charge is 0.505 e. The fourth-order valence-corrected chi connectivity index (χ4v) is 9.12. The molecular formula is C53H68N12O3. The molecule has 8 rings (SSSR count). The van der Waals surface area contributed by atoms with Crippen molar-refractivity contribution in [3.8, 4) is 5.75 Å². The first-order valence-corrected chi connectivity index (χ1v) is 24.6. The van der Waals surface area contributed by atoms with E-state index in [0.717, 1.165) is 77.5 Å². The third-order valence-corrected chi connectivity index (χ3v) is 13.0. The van der Waals surface area contributed by atoms with Gasteiger partial charge in [-0.25, -0.2) is 0 Å². The minimum absolute atomic E-state index is 0.0701. The maximum Gasteiger partial charge on any atom is 0.259 e. The molecule has 1 atom stereocenters. The van der Waals surface area contributed by atoms with Crippen molar-refractivity contribution in [1.29, 1.82) is 0 Å². The normalized spacial score (nSPS) is 15.4. The van der Waals surface area contributed by atoms with Gasteiger partial charge in [-0.1, -0.05) is 80.5 Å². The first-order chi connectivity index (χ1) is 33.2. The summed E-state index contributed by atoms with van der Waals surface area (Å²) < 4.78 is 5.37. The van der Waals surface area contributed by atoms with Crippen molar-refractivity contribution in [2.24, 2.45) is 10.2 Å². The van der Waals surface area contributed by atoms with Gasteiger partial charge in [0.25, 0.3) is 5.91 Å². The summed E-state index contributed by atoms with van der Waals surface area (Å²) in [4.78, 5) is 31.7. The van der Waals surface area contributed by atoms with E-state index in [0.29, 0.717) is 46.7 Å². The van der Waals surface area contributed by atoms with Gasteiger partial charge in [-0.05, 0) is 120 Å². The molecule has 2 saturated carbocycles. The zero-order valence-corrected chi connectivity index (χ0v) is 40.1. The molecule has 8 N–H and O–H groups in total. The number of ether oxygens (including phenoxy) is 1. The molecule has 2 fully saturated rings. The number of hydrogen-bond acceptors (Lipinski definition) is 13. The van der Waals surface area contributed by atoms with Gasteiger partial charge < -0.3 is 46.7 Å². The minimum Gasteiger partial charge on any atom is -0.505 e. The van der Waals surface area contributed by atoms with E-state index in [9.17, 15) is 9.90 Å². The van der Waals surface area contributed by atoms with E-state index in [2.05, 4.69) is 53.2 Å². The van der Waals surface area contributed by atoms with Crippen molar-refractivity contribution in [3.05, 3.63) is 95.7 Å². The number of azo groups is 1. The van der Waals surface area contributed by atoms with Crippen LogP contribution in [-0.2, 0) is 4.74 Å². The summed E-state index contributed by atoms with van der Waals surface area (Å²) in [6.07, 6.45) is 18.5. The molecule has 1 amide bonds. The molecule has 6 aromatic rings. The number of para-hydroxylation sites is 1. The number of nitrogens with zero attached hydrogens (tertiary/aromatic N) is 5. The van der Waals surface area contributed by atoms with Gasteiger partial charge in [-0.3, -0.25) is 4.79 Å². The van der Waals surface area contributed by atoms with E-state index >= 15 is 0 Å². The van der Waals surface area contributed by atoms with E-state index < -0.39 is 5.91 Å². The molecule has 0 aliphatic heterocycles. The van der Waals surface area contributed by atoms with Crippen molar-refractivity contribution in [2.45, 2.75) is 116 Å². The van der Waals surface area contributed by atoms with Crippen LogP contribution in [0.4, 0.5) is 34.9 Å². The molecular weight excluding hydrogens is 853 g/mol. The van der Waals surface area contributed by atoms with Gasteiger partial charge in [-0.15, -0.1) is 5.11 Å².